The van der Waals surface area contributed by atoms with Crippen LogP contribution in [0.3, 0.4) is 0 Å². The number of fused-ring (bicyclic) bond motifs is 1. The summed E-state index contributed by atoms with van der Waals surface area (Å²) in [5, 5.41) is 4.52. The van der Waals surface area contributed by atoms with Gasteiger partial charge in [-0.05, 0) is 80.2 Å². The van der Waals surface area contributed by atoms with Gasteiger partial charge >= 0.3 is 0 Å². The number of aromatic nitrogens is 1. The van der Waals surface area contributed by atoms with Crippen molar-refractivity contribution in [1.29, 1.82) is 0 Å². The molecule has 5 rings (SSSR count). The van der Waals surface area contributed by atoms with E-state index in [-0.39, 0.29) is 11.8 Å². The van der Waals surface area contributed by atoms with Crippen LogP contribution < -0.4 is 10.2 Å². The molecule has 2 amide bonds. The van der Waals surface area contributed by atoms with Gasteiger partial charge in [-0.1, -0.05) is 44.0 Å². The first-order valence-corrected chi connectivity index (χ1v) is 13.6. The molecule has 0 unspecified atom stereocenters. The second-order valence-electron chi connectivity index (χ2n) is 10.1. The number of benzene rings is 2. The first-order valence-electron chi connectivity index (χ1n) is 13.2. The Morgan fingerprint density at radius 1 is 1.05 bits per heavy atom. The highest BCUT2D eigenvalue weighted by Crippen LogP contribution is 2.30. The van der Waals surface area contributed by atoms with Gasteiger partial charge in [0, 0.05) is 30.2 Å². The first-order chi connectivity index (χ1) is 17.9. The van der Waals surface area contributed by atoms with Crippen LogP contribution in [0.5, 0.6) is 0 Å². The van der Waals surface area contributed by atoms with Gasteiger partial charge in [0.05, 0.1) is 11.2 Å². The summed E-state index contributed by atoms with van der Waals surface area (Å²) in [5.41, 5.74) is 6.60. The number of amides is 2. The van der Waals surface area contributed by atoms with Crippen LogP contribution in [0.15, 0.2) is 48.3 Å². The number of hydrogen-bond acceptors (Lipinski definition) is 3. The number of aryl methyl sites for hydroxylation is 3. The Kier molecular flexibility index (Phi) is 7.15. The number of para-hydroxylation sites is 1. The van der Waals surface area contributed by atoms with Crippen LogP contribution in [-0.2, 0) is 22.6 Å². The van der Waals surface area contributed by atoms with Crippen molar-refractivity contribution >= 4 is 51.8 Å². The van der Waals surface area contributed by atoms with E-state index < -0.39 is 0 Å². The van der Waals surface area contributed by atoms with E-state index in [2.05, 4.69) is 28.9 Å². The number of likely N-dealkylation sites (tertiary alicyclic amines) is 1. The monoisotopic (exact) mass is 514 g/mol. The van der Waals surface area contributed by atoms with E-state index >= 15 is 0 Å². The number of nitrogens with zero attached hydrogens (tertiary/aromatic N) is 3. The zero-order chi connectivity index (χ0) is 26.1. The van der Waals surface area contributed by atoms with Crippen LogP contribution in [0.1, 0.15) is 54.9 Å². The highest BCUT2D eigenvalue weighted by Gasteiger charge is 2.32. The largest absolute Gasteiger partial charge is 0.341 e. The lowest BCUT2D eigenvalue weighted by molar-refractivity contribution is -0.131. The molecule has 2 fully saturated rings. The van der Waals surface area contributed by atoms with Crippen LogP contribution >= 0.6 is 12.2 Å². The molecule has 1 N–H and O–H groups in total. The van der Waals surface area contributed by atoms with Crippen LogP contribution in [0.25, 0.3) is 17.0 Å². The summed E-state index contributed by atoms with van der Waals surface area (Å²) in [6.45, 7) is 8.16. The van der Waals surface area contributed by atoms with Crippen molar-refractivity contribution in [1.82, 2.24) is 14.8 Å². The predicted octanol–water partition coefficient (Wildman–Crippen LogP) is 5.49. The molecule has 7 heteroatoms. The lowest BCUT2D eigenvalue weighted by atomic mass is 10.1. The smallest absolute Gasteiger partial charge is 0.281 e. The van der Waals surface area contributed by atoms with E-state index in [1.165, 1.54) is 24.0 Å². The van der Waals surface area contributed by atoms with Gasteiger partial charge in [0.1, 0.15) is 12.2 Å². The summed E-state index contributed by atoms with van der Waals surface area (Å²) >= 11 is 5.55. The zero-order valence-corrected chi connectivity index (χ0v) is 22.7. The third kappa shape index (κ3) is 4.92. The molecule has 0 saturated carbocycles. The van der Waals surface area contributed by atoms with Gasteiger partial charge in [-0.2, -0.15) is 0 Å². The third-order valence-corrected chi connectivity index (χ3v) is 7.87. The third-order valence-electron chi connectivity index (χ3n) is 7.58. The molecule has 3 aromatic rings. The molecule has 192 valence electrons. The molecule has 3 heterocycles. The Bertz CT molecular complexity index is 1410. The summed E-state index contributed by atoms with van der Waals surface area (Å²) in [5.74, 6) is -0.0255. The van der Waals surface area contributed by atoms with Gasteiger partial charge < -0.3 is 14.8 Å². The maximum atomic E-state index is 13.4. The van der Waals surface area contributed by atoms with E-state index in [1.54, 1.807) is 4.90 Å². The normalized spacial score (nSPS) is 17.5. The number of carbonyl (C=O) groups is 2. The quantitative estimate of drug-likeness (QED) is 0.362. The standard InChI is InChI=1S/C30H34N4O2S/c1-4-22-10-9-11-25-23(18-33(28(22)25)19-27(35)32-14-7-5-6-8-15-32)17-26-29(36)34(30(37)31-26)24-13-12-20(2)21(3)16-24/h9-13,16-18H,4-8,14-15,19H2,1-3H3,(H,31,37)/b26-17-. The van der Waals surface area contributed by atoms with Gasteiger partial charge in [-0.3, -0.25) is 14.5 Å². The molecular formula is C30H34N4O2S. The molecule has 37 heavy (non-hydrogen) atoms. The van der Waals surface area contributed by atoms with Crippen molar-refractivity contribution in [2.75, 3.05) is 18.0 Å². The molecule has 6 nitrogen and oxygen atoms in total. The molecule has 0 radical (unpaired) electrons. The molecule has 0 atom stereocenters. The van der Waals surface area contributed by atoms with Crippen LogP contribution in [-0.4, -0.2) is 39.5 Å². The second-order valence-corrected chi connectivity index (χ2v) is 10.5. The number of carbonyl (C=O) groups excluding carboxylic acids is 2. The minimum Gasteiger partial charge on any atom is -0.341 e. The SMILES string of the molecule is CCc1cccc2c(/C=C3\NC(=S)N(c4ccc(C)c(C)c4)C3=O)cn(CC(=O)N3CCCCCC3)c12. The lowest BCUT2D eigenvalue weighted by Gasteiger charge is -2.21. The van der Waals surface area contributed by atoms with Gasteiger partial charge in [0.2, 0.25) is 5.91 Å². The van der Waals surface area contributed by atoms with E-state index in [4.69, 9.17) is 12.2 Å². The average molecular weight is 515 g/mol. The number of anilines is 1. The van der Waals surface area contributed by atoms with E-state index in [0.29, 0.717) is 17.4 Å². The van der Waals surface area contributed by atoms with E-state index in [1.807, 2.05) is 55.3 Å². The van der Waals surface area contributed by atoms with Crippen molar-refractivity contribution < 1.29 is 9.59 Å². The Morgan fingerprint density at radius 2 is 1.81 bits per heavy atom. The highest BCUT2D eigenvalue weighted by atomic mass is 32.1. The molecule has 2 aliphatic heterocycles. The zero-order valence-electron chi connectivity index (χ0n) is 21.8. The molecule has 0 aliphatic carbocycles. The lowest BCUT2D eigenvalue weighted by Crippen LogP contribution is -2.34. The molecule has 2 saturated heterocycles. The average Bonchev–Trinajstić information content (AvgIpc) is 3.21. The van der Waals surface area contributed by atoms with E-state index in [0.717, 1.165) is 60.1 Å². The summed E-state index contributed by atoms with van der Waals surface area (Å²) in [6.07, 6.45) is 9.25. The fourth-order valence-corrected chi connectivity index (χ4v) is 5.64. The molecule has 0 spiro atoms. The summed E-state index contributed by atoms with van der Waals surface area (Å²) in [7, 11) is 0. The fraction of sp³-hybridized carbons (Fsp3) is 0.367. The highest BCUT2D eigenvalue weighted by molar-refractivity contribution is 7.80. The van der Waals surface area contributed by atoms with Gasteiger partial charge in [-0.15, -0.1) is 0 Å². The van der Waals surface area contributed by atoms with Crippen molar-refractivity contribution in [3.63, 3.8) is 0 Å². The Balaban J connectivity index is 1.50. The summed E-state index contributed by atoms with van der Waals surface area (Å²) in [6, 6.07) is 12.1. The van der Waals surface area contributed by atoms with Crippen molar-refractivity contribution in [3.8, 4) is 0 Å². The van der Waals surface area contributed by atoms with Crippen LogP contribution in [0, 0.1) is 13.8 Å². The Hall–Kier alpha value is -3.45. The maximum absolute atomic E-state index is 13.4. The Morgan fingerprint density at radius 3 is 2.51 bits per heavy atom. The van der Waals surface area contributed by atoms with Gasteiger partial charge in [-0.25, -0.2) is 0 Å². The Labute approximate surface area is 223 Å². The van der Waals surface area contributed by atoms with Gasteiger partial charge in [0.25, 0.3) is 5.91 Å². The second kappa shape index (κ2) is 10.5. The van der Waals surface area contributed by atoms with Crippen molar-refractivity contribution in [2.24, 2.45) is 0 Å². The number of nitrogens with one attached hydrogen (secondary N) is 1. The molecular weight excluding hydrogens is 480 g/mol. The number of rotatable bonds is 5. The minimum absolute atomic E-state index is 0.154. The number of hydrogen-bond donors (Lipinski definition) is 1. The molecule has 1 aromatic heterocycles. The predicted molar refractivity (Wildman–Crippen MR) is 153 cm³/mol. The topological polar surface area (TPSA) is 57.6 Å². The maximum Gasteiger partial charge on any atom is 0.281 e. The molecule has 0 bridgehead atoms. The van der Waals surface area contributed by atoms with E-state index in [9.17, 15) is 9.59 Å². The fourth-order valence-electron chi connectivity index (χ4n) is 5.35. The number of thiocarbonyl (C=S) groups is 1. The van der Waals surface area contributed by atoms with Crippen LogP contribution in [0.2, 0.25) is 0 Å². The first kappa shape index (κ1) is 25.2. The molecule has 2 aliphatic rings. The van der Waals surface area contributed by atoms with Crippen molar-refractivity contribution in [3.05, 3.63) is 70.5 Å². The minimum atomic E-state index is -0.179. The molecule has 2 aromatic carbocycles. The van der Waals surface area contributed by atoms with Crippen molar-refractivity contribution in [2.45, 2.75) is 59.4 Å². The van der Waals surface area contributed by atoms with Gasteiger partial charge in [0.15, 0.2) is 5.11 Å². The van der Waals surface area contributed by atoms with Crippen LogP contribution in [0.4, 0.5) is 5.69 Å². The summed E-state index contributed by atoms with van der Waals surface area (Å²) < 4.78 is 2.06. The summed E-state index contributed by atoms with van der Waals surface area (Å²) in [4.78, 5) is 30.3.